The predicted octanol–water partition coefficient (Wildman–Crippen LogP) is 3.07. The van der Waals surface area contributed by atoms with E-state index in [2.05, 4.69) is 17.4 Å². The molecule has 98 valence electrons. The number of nitrogens with one attached hydrogen (secondary N) is 1. The standard InChI is InChI=1S/C15H22N2O/c1-18-10-7-8-14-12(9-10)15(16)11-5-3-2-4-6-13(11)17-14/h7-9,11,13,15,17H,2-6,16H2,1H3. The van der Waals surface area contributed by atoms with Gasteiger partial charge in [-0.2, -0.15) is 0 Å². The highest BCUT2D eigenvalue weighted by Gasteiger charge is 2.35. The van der Waals surface area contributed by atoms with Crippen molar-refractivity contribution in [2.45, 2.75) is 44.2 Å². The lowest BCUT2D eigenvalue weighted by molar-refractivity contribution is 0.338. The number of benzene rings is 1. The summed E-state index contributed by atoms with van der Waals surface area (Å²) < 4.78 is 5.31. The van der Waals surface area contributed by atoms with Gasteiger partial charge in [0.25, 0.3) is 0 Å². The summed E-state index contributed by atoms with van der Waals surface area (Å²) in [6.07, 6.45) is 6.49. The van der Waals surface area contributed by atoms with Crippen LogP contribution in [0.3, 0.4) is 0 Å². The Balaban J connectivity index is 1.95. The monoisotopic (exact) mass is 246 g/mol. The summed E-state index contributed by atoms with van der Waals surface area (Å²) in [5.74, 6) is 1.48. The lowest BCUT2D eigenvalue weighted by atomic mass is 9.80. The van der Waals surface area contributed by atoms with Crippen LogP contribution in [0.4, 0.5) is 5.69 Å². The van der Waals surface area contributed by atoms with Crippen molar-refractivity contribution >= 4 is 5.69 Å². The van der Waals surface area contributed by atoms with Crippen LogP contribution in [0, 0.1) is 5.92 Å². The van der Waals surface area contributed by atoms with Crippen LogP contribution in [0.15, 0.2) is 18.2 Å². The van der Waals surface area contributed by atoms with Crippen LogP contribution in [0.5, 0.6) is 5.75 Å². The van der Waals surface area contributed by atoms with Gasteiger partial charge in [-0.05, 0) is 42.5 Å². The Bertz CT molecular complexity index is 433. The van der Waals surface area contributed by atoms with Crippen LogP contribution >= 0.6 is 0 Å². The first kappa shape index (κ1) is 11.8. The van der Waals surface area contributed by atoms with E-state index in [0.717, 1.165) is 5.75 Å². The van der Waals surface area contributed by atoms with Crippen LogP contribution in [-0.4, -0.2) is 13.2 Å². The molecule has 1 aromatic carbocycles. The van der Waals surface area contributed by atoms with Gasteiger partial charge >= 0.3 is 0 Å². The van der Waals surface area contributed by atoms with Crippen molar-refractivity contribution in [1.82, 2.24) is 0 Å². The highest BCUT2D eigenvalue weighted by molar-refractivity contribution is 5.58. The summed E-state index contributed by atoms with van der Waals surface area (Å²) in [5.41, 5.74) is 8.92. The van der Waals surface area contributed by atoms with E-state index in [4.69, 9.17) is 10.5 Å². The normalized spacial score (nSPS) is 30.7. The second-order valence-corrected chi connectivity index (χ2v) is 5.53. The van der Waals surface area contributed by atoms with Crippen molar-refractivity contribution < 1.29 is 4.74 Å². The molecular weight excluding hydrogens is 224 g/mol. The molecule has 18 heavy (non-hydrogen) atoms. The summed E-state index contributed by atoms with van der Waals surface area (Å²) in [6.45, 7) is 0. The van der Waals surface area contributed by atoms with Gasteiger partial charge in [0.2, 0.25) is 0 Å². The van der Waals surface area contributed by atoms with Crippen molar-refractivity contribution in [3.8, 4) is 5.75 Å². The van der Waals surface area contributed by atoms with Gasteiger partial charge in [-0.25, -0.2) is 0 Å². The number of ether oxygens (including phenoxy) is 1. The summed E-state index contributed by atoms with van der Waals surface area (Å²) in [7, 11) is 1.71. The molecule has 1 saturated carbocycles. The molecule has 3 heteroatoms. The van der Waals surface area contributed by atoms with Gasteiger partial charge in [0.1, 0.15) is 5.75 Å². The molecule has 0 radical (unpaired) electrons. The second kappa shape index (κ2) is 4.81. The summed E-state index contributed by atoms with van der Waals surface area (Å²) in [4.78, 5) is 0. The van der Waals surface area contributed by atoms with E-state index in [9.17, 15) is 0 Å². The molecule has 0 bridgehead atoms. The largest absolute Gasteiger partial charge is 0.497 e. The maximum Gasteiger partial charge on any atom is 0.119 e. The fraction of sp³-hybridized carbons (Fsp3) is 0.600. The lowest BCUT2D eigenvalue weighted by Crippen LogP contribution is -2.40. The Hall–Kier alpha value is -1.22. The molecule has 1 aliphatic heterocycles. The van der Waals surface area contributed by atoms with Crippen molar-refractivity contribution in [3.05, 3.63) is 23.8 Å². The maximum absolute atomic E-state index is 6.50. The molecule has 3 unspecified atom stereocenters. The minimum Gasteiger partial charge on any atom is -0.497 e. The number of methoxy groups -OCH3 is 1. The van der Waals surface area contributed by atoms with E-state index >= 15 is 0 Å². The molecule has 0 saturated heterocycles. The number of nitrogens with two attached hydrogens (primary N) is 1. The molecule has 3 nitrogen and oxygen atoms in total. The fourth-order valence-corrected chi connectivity index (χ4v) is 3.45. The van der Waals surface area contributed by atoms with E-state index in [1.165, 1.54) is 43.4 Å². The molecule has 2 aliphatic rings. The molecule has 1 aliphatic carbocycles. The van der Waals surface area contributed by atoms with Gasteiger partial charge in [0.05, 0.1) is 7.11 Å². The van der Waals surface area contributed by atoms with Crippen LogP contribution in [0.25, 0.3) is 0 Å². The fourth-order valence-electron chi connectivity index (χ4n) is 3.45. The molecule has 1 fully saturated rings. The third-order valence-corrected chi connectivity index (χ3v) is 4.49. The lowest BCUT2D eigenvalue weighted by Gasteiger charge is -2.38. The van der Waals surface area contributed by atoms with E-state index in [1.54, 1.807) is 7.11 Å². The highest BCUT2D eigenvalue weighted by Crippen LogP contribution is 2.42. The molecule has 1 aromatic rings. The Kier molecular flexibility index (Phi) is 3.16. The predicted molar refractivity (Wildman–Crippen MR) is 73.9 cm³/mol. The van der Waals surface area contributed by atoms with E-state index in [-0.39, 0.29) is 6.04 Å². The summed E-state index contributed by atoms with van der Waals surface area (Å²) >= 11 is 0. The molecule has 1 heterocycles. The van der Waals surface area contributed by atoms with Crippen LogP contribution < -0.4 is 15.8 Å². The van der Waals surface area contributed by atoms with Gasteiger partial charge in [0.15, 0.2) is 0 Å². The third kappa shape index (κ3) is 1.97. The Morgan fingerprint density at radius 1 is 1.22 bits per heavy atom. The first-order valence-electron chi connectivity index (χ1n) is 6.99. The smallest absolute Gasteiger partial charge is 0.119 e. The van der Waals surface area contributed by atoms with Crippen molar-refractivity contribution in [2.75, 3.05) is 12.4 Å². The maximum atomic E-state index is 6.50. The zero-order valence-corrected chi connectivity index (χ0v) is 11.0. The number of hydrogen-bond acceptors (Lipinski definition) is 3. The van der Waals surface area contributed by atoms with E-state index in [1.807, 2.05) is 6.07 Å². The van der Waals surface area contributed by atoms with Crippen LogP contribution in [-0.2, 0) is 0 Å². The average molecular weight is 246 g/mol. The summed E-state index contributed by atoms with van der Waals surface area (Å²) in [6, 6.07) is 6.92. The van der Waals surface area contributed by atoms with Crippen LogP contribution in [0.2, 0.25) is 0 Å². The quantitative estimate of drug-likeness (QED) is 0.800. The first-order valence-corrected chi connectivity index (χ1v) is 6.99. The zero-order valence-electron chi connectivity index (χ0n) is 11.0. The number of anilines is 1. The minimum absolute atomic E-state index is 0.152. The summed E-state index contributed by atoms with van der Waals surface area (Å²) in [5, 5.41) is 3.69. The SMILES string of the molecule is COc1ccc2c(c1)C(N)C1CCCCCC1N2. The van der Waals surface area contributed by atoms with Gasteiger partial charge < -0.3 is 15.8 Å². The first-order chi connectivity index (χ1) is 8.79. The molecule has 3 N–H and O–H groups in total. The number of rotatable bonds is 1. The van der Waals surface area contributed by atoms with E-state index < -0.39 is 0 Å². The zero-order chi connectivity index (χ0) is 12.5. The molecule has 0 amide bonds. The van der Waals surface area contributed by atoms with Gasteiger partial charge in [-0.3, -0.25) is 0 Å². The van der Waals surface area contributed by atoms with Crippen molar-refractivity contribution in [3.63, 3.8) is 0 Å². The molecular formula is C15H22N2O. The Labute approximate surface area is 109 Å². The minimum atomic E-state index is 0.152. The Morgan fingerprint density at radius 3 is 2.89 bits per heavy atom. The molecule has 3 atom stereocenters. The number of hydrogen-bond donors (Lipinski definition) is 2. The van der Waals surface area contributed by atoms with Crippen LogP contribution in [0.1, 0.15) is 43.7 Å². The number of fused-ring (bicyclic) bond motifs is 2. The molecule has 3 rings (SSSR count). The highest BCUT2D eigenvalue weighted by atomic mass is 16.5. The van der Waals surface area contributed by atoms with Crippen molar-refractivity contribution in [2.24, 2.45) is 11.7 Å². The van der Waals surface area contributed by atoms with E-state index in [0.29, 0.717) is 12.0 Å². The van der Waals surface area contributed by atoms with Crippen molar-refractivity contribution in [1.29, 1.82) is 0 Å². The topological polar surface area (TPSA) is 47.3 Å². The molecule has 0 spiro atoms. The molecule has 0 aromatic heterocycles. The third-order valence-electron chi connectivity index (χ3n) is 4.49. The second-order valence-electron chi connectivity index (χ2n) is 5.53. The average Bonchev–Trinajstić information content (AvgIpc) is 2.64. The Morgan fingerprint density at radius 2 is 2.06 bits per heavy atom. The van der Waals surface area contributed by atoms with Gasteiger partial charge in [0, 0.05) is 17.8 Å². The van der Waals surface area contributed by atoms with Gasteiger partial charge in [-0.1, -0.05) is 19.3 Å². The van der Waals surface area contributed by atoms with Gasteiger partial charge in [-0.15, -0.1) is 0 Å².